The second kappa shape index (κ2) is 8.13. The van der Waals surface area contributed by atoms with Gasteiger partial charge in [-0.3, -0.25) is 9.69 Å². The van der Waals surface area contributed by atoms with Gasteiger partial charge in [0.1, 0.15) is 12.1 Å². The van der Waals surface area contributed by atoms with Crippen LogP contribution < -0.4 is 4.90 Å². The molecule has 2 fully saturated rings. The Balaban J connectivity index is 1.39. The third kappa shape index (κ3) is 4.10. The van der Waals surface area contributed by atoms with E-state index in [1.54, 1.807) is 6.33 Å². The third-order valence-corrected chi connectivity index (χ3v) is 6.48. The van der Waals surface area contributed by atoms with Crippen LogP contribution >= 0.6 is 0 Å². The zero-order chi connectivity index (χ0) is 18.8. The van der Waals surface area contributed by atoms with E-state index in [0.29, 0.717) is 18.9 Å². The molecule has 0 N–H and O–H groups in total. The first-order valence-electron chi connectivity index (χ1n) is 10.7. The van der Waals surface area contributed by atoms with E-state index in [2.05, 4.69) is 33.6 Å². The van der Waals surface area contributed by atoms with Gasteiger partial charge in [0.05, 0.1) is 12.2 Å². The topological polar surface area (TPSA) is 52.6 Å². The molecular weight excluding hydrogens is 338 g/mol. The van der Waals surface area contributed by atoms with E-state index in [-0.39, 0.29) is 5.91 Å². The molecule has 0 bridgehead atoms. The van der Waals surface area contributed by atoms with Gasteiger partial charge < -0.3 is 9.80 Å². The maximum absolute atomic E-state index is 12.5. The zero-order valence-corrected chi connectivity index (χ0v) is 16.9. The fourth-order valence-corrected chi connectivity index (χ4v) is 4.44. The van der Waals surface area contributed by atoms with Crippen LogP contribution in [0.15, 0.2) is 6.33 Å². The number of carbonyl (C=O) groups excluding carboxylic acids is 1. The summed E-state index contributed by atoms with van der Waals surface area (Å²) < 4.78 is 0. The standard InChI is InChI=1S/C21H33N5O/c1-16(2)6-7-20(27)26-9-8-18-19(14-26)22-15-23-21(18)25-12-10-24(11-13-25)17-4-3-5-17/h15-17H,3-14H2,1-2H3. The summed E-state index contributed by atoms with van der Waals surface area (Å²) in [5.41, 5.74) is 2.31. The Labute approximate surface area is 162 Å². The Morgan fingerprint density at radius 1 is 1.15 bits per heavy atom. The highest BCUT2D eigenvalue weighted by Gasteiger charge is 2.30. The number of hydrogen-bond donors (Lipinski definition) is 0. The predicted octanol–water partition coefficient (Wildman–Crippen LogP) is 2.47. The van der Waals surface area contributed by atoms with Gasteiger partial charge in [0.2, 0.25) is 5.91 Å². The Hall–Kier alpha value is -1.69. The fraction of sp³-hybridized carbons (Fsp3) is 0.762. The molecule has 1 aliphatic carbocycles. The van der Waals surface area contributed by atoms with Gasteiger partial charge in [-0.1, -0.05) is 20.3 Å². The number of nitrogens with zero attached hydrogens (tertiary/aromatic N) is 5. The quantitative estimate of drug-likeness (QED) is 0.796. The molecule has 0 radical (unpaired) electrons. The molecule has 0 aromatic carbocycles. The number of amides is 1. The van der Waals surface area contributed by atoms with Crippen LogP contribution in [0.4, 0.5) is 5.82 Å². The second-order valence-corrected chi connectivity index (χ2v) is 8.73. The number of hydrogen-bond acceptors (Lipinski definition) is 5. The molecule has 1 aromatic heterocycles. The molecule has 4 rings (SSSR count). The van der Waals surface area contributed by atoms with Gasteiger partial charge in [0, 0.05) is 50.7 Å². The summed E-state index contributed by atoms with van der Waals surface area (Å²) in [6.45, 7) is 10.2. The summed E-state index contributed by atoms with van der Waals surface area (Å²) in [7, 11) is 0. The van der Waals surface area contributed by atoms with Crippen LogP contribution in [0, 0.1) is 5.92 Å². The lowest BCUT2D eigenvalue weighted by molar-refractivity contribution is -0.132. The lowest BCUT2D eigenvalue weighted by Crippen LogP contribution is -2.52. The van der Waals surface area contributed by atoms with Crippen LogP contribution in [0.25, 0.3) is 0 Å². The summed E-state index contributed by atoms with van der Waals surface area (Å²) >= 11 is 0. The van der Waals surface area contributed by atoms with E-state index < -0.39 is 0 Å². The van der Waals surface area contributed by atoms with E-state index in [1.807, 2.05) is 4.90 Å². The maximum Gasteiger partial charge on any atom is 0.222 e. The van der Waals surface area contributed by atoms with Gasteiger partial charge in [-0.2, -0.15) is 0 Å². The third-order valence-electron chi connectivity index (χ3n) is 6.48. The van der Waals surface area contributed by atoms with Gasteiger partial charge in [-0.15, -0.1) is 0 Å². The molecule has 148 valence electrons. The van der Waals surface area contributed by atoms with Crippen molar-refractivity contribution in [2.75, 3.05) is 37.6 Å². The lowest BCUT2D eigenvalue weighted by atomic mass is 9.91. The minimum absolute atomic E-state index is 0.267. The lowest BCUT2D eigenvalue weighted by Gasteiger charge is -2.43. The zero-order valence-electron chi connectivity index (χ0n) is 16.9. The molecular formula is C21H33N5O. The summed E-state index contributed by atoms with van der Waals surface area (Å²) in [6, 6.07) is 0.830. The molecule has 1 aromatic rings. The molecule has 1 saturated heterocycles. The monoisotopic (exact) mass is 371 g/mol. The summed E-state index contributed by atoms with van der Waals surface area (Å²) in [5, 5.41) is 0. The van der Waals surface area contributed by atoms with E-state index in [9.17, 15) is 4.79 Å². The van der Waals surface area contributed by atoms with Crippen molar-refractivity contribution < 1.29 is 4.79 Å². The number of piperazine rings is 1. The minimum atomic E-state index is 0.267. The van der Waals surface area contributed by atoms with Crippen LogP contribution in [0.5, 0.6) is 0 Å². The van der Waals surface area contributed by atoms with E-state index in [0.717, 1.165) is 63.1 Å². The van der Waals surface area contributed by atoms with Crippen LogP contribution in [0.2, 0.25) is 0 Å². The molecule has 0 atom stereocenters. The van der Waals surface area contributed by atoms with Crippen molar-refractivity contribution in [2.45, 2.75) is 65.0 Å². The SMILES string of the molecule is CC(C)CCC(=O)N1CCc2c(ncnc2N2CCN(C3CCC3)CC2)C1. The van der Waals surface area contributed by atoms with Crippen LogP contribution in [-0.4, -0.2) is 64.4 Å². The highest BCUT2D eigenvalue weighted by molar-refractivity contribution is 5.76. The van der Waals surface area contributed by atoms with Gasteiger partial charge in [0.25, 0.3) is 0 Å². The molecule has 3 aliphatic rings. The van der Waals surface area contributed by atoms with Crippen LogP contribution in [0.1, 0.15) is 57.2 Å². The van der Waals surface area contributed by atoms with Gasteiger partial charge in [-0.05, 0) is 31.6 Å². The average Bonchev–Trinajstić information content (AvgIpc) is 2.64. The van der Waals surface area contributed by atoms with Crippen molar-refractivity contribution in [3.8, 4) is 0 Å². The largest absolute Gasteiger partial charge is 0.354 e. The Morgan fingerprint density at radius 3 is 2.59 bits per heavy atom. The van der Waals surface area contributed by atoms with Gasteiger partial charge >= 0.3 is 0 Å². The van der Waals surface area contributed by atoms with E-state index in [4.69, 9.17) is 0 Å². The second-order valence-electron chi connectivity index (χ2n) is 8.73. The predicted molar refractivity (Wildman–Crippen MR) is 107 cm³/mol. The molecule has 1 saturated carbocycles. The van der Waals surface area contributed by atoms with Gasteiger partial charge in [-0.25, -0.2) is 9.97 Å². The summed E-state index contributed by atoms with van der Waals surface area (Å²) in [6.07, 6.45) is 8.33. The summed E-state index contributed by atoms with van der Waals surface area (Å²) in [5.74, 6) is 1.95. The number of carbonyl (C=O) groups is 1. The molecule has 6 heteroatoms. The first-order valence-corrected chi connectivity index (χ1v) is 10.7. The average molecular weight is 372 g/mol. The highest BCUT2D eigenvalue weighted by atomic mass is 16.2. The number of aromatic nitrogens is 2. The molecule has 27 heavy (non-hydrogen) atoms. The first-order chi connectivity index (χ1) is 13.1. The van der Waals surface area contributed by atoms with E-state index >= 15 is 0 Å². The molecule has 2 aliphatic heterocycles. The van der Waals surface area contributed by atoms with Crippen molar-refractivity contribution in [3.05, 3.63) is 17.6 Å². The molecule has 6 nitrogen and oxygen atoms in total. The molecule has 0 unspecified atom stereocenters. The molecule has 0 spiro atoms. The van der Waals surface area contributed by atoms with Gasteiger partial charge in [0.15, 0.2) is 0 Å². The Bertz CT molecular complexity index is 665. The number of rotatable bonds is 5. The molecule has 3 heterocycles. The first kappa shape index (κ1) is 18.7. The highest BCUT2D eigenvalue weighted by Crippen LogP contribution is 2.29. The minimum Gasteiger partial charge on any atom is -0.354 e. The van der Waals surface area contributed by atoms with E-state index in [1.165, 1.54) is 24.8 Å². The van der Waals surface area contributed by atoms with Crippen LogP contribution in [-0.2, 0) is 17.8 Å². The number of anilines is 1. The van der Waals surface area contributed by atoms with Crippen molar-refractivity contribution >= 4 is 11.7 Å². The number of fused-ring (bicyclic) bond motifs is 1. The fourth-order valence-electron chi connectivity index (χ4n) is 4.44. The smallest absolute Gasteiger partial charge is 0.222 e. The van der Waals surface area contributed by atoms with Crippen molar-refractivity contribution in [2.24, 2.45) is 5.92 Å². The van der Waals surface area contributed by atoms with Crippen molar-refractivity contribution in [1.29, 1.82) is 0 Å². The van der Waals surface area contributed by atoms with Crippen molar-refractivity contribution in [3.63, 3.8) is 0 Å². The van der Waals surface area contributed by atoms with Crippen molar-refractivity contribution in [1.82, 2.24) is 19.8 Å². The normalized spacial score (nSPS) is 21.3. The summed E-state index contributed by atoms with van der Waals surface area (Å²) in [4.78, 5) is 28.7. The molecule has 1 amide bonds. The Morgan fingerprint density at radius 2 is 1.93 bits per heavy atom. The van der Waals surface area contributed by atoms with Crippen LogP contribution in [0.3, 0.4) is 0 Å². The maximum atomic E-state index is 12.5. The Kier molecular flexibility index (Phi) is 5.62.